The standard InChI is InChI=1S/C14H20N4O/c1-9-7-18(8-12(9)17(2)3)14-16-11-5-4-10(15)6-13(11)19-14/h4-6,9,12H,7-8,15H2,1-3H3. The number of anilines is 2. The van der Waals surface area contributed by atoms with E-state index in [1.807, 2.05) is 18.2 Å². The van der Waals surface area contributed by atoms with Crippen molar-refractivity contribution in [3.05, 3.63) is 18.2 Å². The van der Waals surface area contributed by atoms with Gasteiger partial charge in [0, 0.05) is 30.9 Å². The molecule has 0 aliphatic carbocycles. The maximum Gasteiger partial charge on any atom is 0.298 e. The van der Waals surface area contributed by atoms with E-state index < -0.39 is 0 Å². The number of hydrogen-bond donors (Lipinski definition) is 1. The van der Waals surface area contributed by atoms with Crippen molar-refractivity contribution < 1.29 is 4.42 Å². The van der Waals surface area contributed by atoms with Crippen molar-refractivity contribution in [3.63, 3.8) is 0 Å². The number of oxazole rings is 1. The van der Waals surface area contributed by atoms with Gasteiger partial charge in [0.25, 0.3) is 6.01 Å². The summed E-state index contributed by atoms with van der Waals surface area (Å²) < 4.78 is 5.83. The van der Waals surface area contributed by atoms with E-state index in [9.17, 15) is 0 Å². The first-order chi connectivity index (χ1) is 9.04. The zero-order valence-electron chi connectivity index (χ0n) is 11.6. The average Bonchev–Trinajstić information content (AvgIpc) is 2.91. The molecule has 1 aromatic heterocycles. The molecule has 2 heterocycles. The lowest BCUT2D eigenvalue weighted by Crippen LogP contribution is -2.34. The predicted octanol–water partition coefficient (Wildman–Crippen LogP) is 1.80. The summed E-state index contributed by atoms with van der Waals surface area (Å²) in [6.07, 6.45) is 0. The van der Waals surface area contributed by atoms with Crippen LogP contribution in [0.25, 0.3) is 11.1 Å². The monoisotopic (exact) mass is 260 g/mol. The van der Waals surface area contributed by atoms with Crippen LogP contribution in [0.4, 0.5) is 11.7 Å². The minimum atomic E-state index is 0.542. The van der Waals surface area contributed by atoms with Crippen molar-refractivity contribution in [2.75, 3.05) is 37.8 Å². The van der Waals surface area contributed by atoms with E-state index >= 15 is 0 Å². The number of likely N-dealkylation sites (N-methyl/N-ethyl adjacent to an activating group) is 1. The molecule has 102 valence electrons. The van der Waals surface area contributed by atoms with E-state index in [1.54, 1.807) is 0 Å². The molecule has 5 nitrogen and oxygen atoms in total. The van der Waals surface area contributed by atoms with Crippen LogP contribution in [0.1, 0.15) is 6.92 Å². The van der Waals surface area contributed by atoms with Crippen LogP contribution in [0, 0.1) is 5.92 Å². The maximum atomic E-state index is 5.83. The molecule has 2 unspecified atom stereocenters. The molecular weight excluding hydrogens is 240 g/mol. The van der Waals surface area contributed by atoms with Gasteiger partial charge < -0.3 is 20.0 Å². The lowest BCUT2D eigenvalue weighted by molar-refractivity contribution is 0.266. The minimum absolute atomic E-state index is 0.542. The Kier molecular flexibility index (Phi) is 2.86. The van der Waals surface area contributed by atoms with Gasteiger partial charge in [0.15, 0.2) is 5.58 Å². The molecule has 0 radical (unpaired) electrons. The summed E-state index contributed by atoms with van der Waals surface area (Å²) >= 11 is 0. The molecule has 1 aliphatic heterocycles. The topological polar surface area (TPSA) is 58.5 Å². The molecule has 1 aromatic carbocycles. The van der Waals surface area contributed by atoms with Crippen molar-refractivity contribution in [1.29, 1.82) is 0 Å². The number of aromatic nitrogens is 1. The second-order valence-corrected chi connectivity index (χ2v) is 5.64. The summed E-state index contributed by atoms with van der Waals surface area (Å²) in [7, 11) is 4.24. The van der Waals surface area contributed by atoms with E-state index in [0.29, 0.717) is 23.7 Å². The number of nitrogens with zero attached hydrogens (tertiary/aromatic N) is 3. The van der Waals surface area contributed by atoms with Crippen molar-refractivity contribution in [2.24, 2.45) is 5.92 Å². The fourth-order valence-electron chi connectivity index (χ4n) is 2.84. The highest BCUT2D eigenvalue weighted by molar-refractivity contribution is 5.78. The van der Waals surface area contributed by atoms with Crippen LogP contribution in [-0.2, 0) is 0 Å². The Morgan fingerprint density at radius 1 is 1.37 bits per heavy atom. The van der Waals surface area contributed by atoms with Gasteiger partial charge in [-0.2, -0.15) is 4.98 Å². The highest BCUT2D eigenvalue weighted by atomic mass is 16.4. The third-order valence-electron chi connectivity index (χ3n) is 3.91. The summed E-state index contributed by atoms with van der Waals surface area (Å²) in [5, 5.41) is 0. The molecule has 0 spiro atoms. The molecule has 0 bridgehead atoms. The minimum Gasteiger partial charge on any atom is -0.423 e. The van der Waals surface area contributed by atoms with Gasteiger partial charge in [0.2, 0.25) is 0 Å². The van der Waals surface area contributed by atoms with Crippen molar-refractivity contribution in [2.45, 2.75) is 13.0 Å². The van der Waals surface area contributed by atoms with Crippen LogP contribution in [0.3, 0.4) is 0 Å². The lowest BCUT2D eigenvalue weighted by Gasteiger charge is -2.22. The summed E-state index contributed by atoms with van der Waals surface area (Å²) in [6.45, 7) is 4.20. The molecule has 19 heavy (non-hydrogen) atoms. The molecule has 2 aromatic rings. The number of nitrogens with two attached hydrogens (primary N) is 1. The molecule has 0 amide bonds. The fraction of sp³-hybridized carbons (Fsp3) is 0.500. The Morgan fingerprint density at radius 2 is 2.16 bits per heavy atom. The Balaban J connectivity index is 1.89. The molecule has 1 saturated heterocycles. The Hall–Kier alpha value is -1.75. The largest absolute Gasteiger partial charge is 0.423 e. The lowest BCUT2D eigenvalue weighted by atomic mass is 10.1. The van der Waals surface area contributed by atoms with Crippen molar-refractivity contribution >= 4 is 22.8 Å². The fourth-order valence-corrected chi connectivity index (χ4v) is 2.84. The van der Waals surface area contributed by atoms with Crippen LogP contribution in [0.2, 0.25) is 0 Å². The van der Waals surface area contributed by atoms with Gasteiger partial charge in [-0.3, -0.25) is 0 Å². The number of hydrogen-bond acceptors (Lipinski definition) is 5. The van der Waals surface area contributed by atoms with E-state index in [1.165, 1.54) is 0 Å². The van der Waals surface area contributed by atoms with Gasteiger partial charge >= 0.3 is 0 Å². The summed E-state index contributed by atoms with van der Waals surface area (Å²) in [4.78, 5) is 9.03. The molecule has 2 atom stereocenters. The van der Waals surface area contributed by atoms with Gasteiger partial charge in [-0.1, -0.05) is 6.92 Å². The zero-order valence-corrected chi connectivity index (χ0v) is 11.6. The second kappa shape index (κ2) is 4.42. The van der Waals surface area contributed by atoms with Gasteiger partial charge in [0.1, 0.15) is 5.52 Å². The highest BCUT2D eigenvalue weighted by Gasteiger charge is 2.33. The molecular formula is C14H20N4O. The molecule has 1 aliphatic rings. The quantitative estimate of drug-likeness (QED) is 0.834. The smallest absolute Gasteiger partial charge is 0.298 e. The van der Waals surface area contributed by atoms with Crippen LogP contribution < -0.4 is 10.6 Å². The van der Waals surface area contributed by atoms with E-state index in [0.717, 1.165) is 24.2 Å². The summed E-state index contributed by atoms with van der Waals surface area (Å²) in [5.41, 5.74) is 8.09. The summed E-state index contributed by atoms with van der Waals surface area (Å²) in [6, 6.07) is 6.83. The molecule has 2 N–H and O–H groups in total. The second-order valence-electron chi connectivity index (χ2n) is 5.64. The van der Waals surface area contributed by atoms with Crippen molar-refractivity contribution in [3.8, 4) is 0 Å². The SMILES string of the molecule is CC1CN(c2nc3ccc(N)cc3o2)CC1N(C)C. The van der Waals surface area contributed by atoms with Crippen LogP contribution >= 0.6 is 0 Å². The first-order valence-electron chi connectivity index (χ1n) is 6.62. The number of rotatable bonds is 2. The van der Waals surface area contributed by atoms with Crippen LogP contribution in [0.5, 0.6) is 0 Å². The third-order valence-corrected chi connectivity index (χ3v) is 3.91. The zero-order chi connectivity index (χ0) is 13.6. The molecule has 5 heteroatoms. The normalized spacial score (nSPS) is 23.7. The van der Waals surface area contributed by atoms with Gasteiger partial charge in [-0.05, 0) is 32.1 Å². The average molecular weight is 260 g/mol. The summed E-state index contributed by atoms with van der Waals surface area (Å²) in [5.74, 6) is 0.607. The Labute approximate surface area is 113 Å². The number of nitrogen functional groups attached to an aromatic ring is 1. The number of benzene rings is 1. The first-order valence-corrected chi connectivity index (χ1v) is 6.62. The molecule has 0 saturated carbocycles. The van der Waals surface area contributed by atoms with E-state index in [-0.39, 0.29) is 0 Å². The molecule has 3 rings (SSSR count). The first kappa shape index (κ1) is 12.3. The van der Waals surface area contributed by atoms with E-state index in [4.69, 9.17) is 10.2 Å². The van der Waals surface area contributed by atoms with Crippen LogP contribution in [0.15, 0.2) is 22.6 Å². The van der Waals surface area contributed by atoms with E-state index in [2.05, 4.69) is 35.8 Å². The number of fused-ring (bicyclic) bond motifs is 1. The Morgan fingerprint density at radius 3 is 2.84 bits per heavy atom. The van der Waals surface area contributed by atoms with Gasteiger partial charge in [0.05, 0.1) is 0 Å². The maximum absolute atomic E-state index is 5.83. The van der Waals surface area contributed by atoms with Gasteiger partial charge in [-0.25, -0.2) is 0 Å². The highest BCUT2D eigenvalue weighted by Crippen LogP contribution is 2.29. The van der Waals surface area contributed by atoms with Crippen molar-refractivity contribution in [1.82, 2.24) is 9.88 Å². The van der Waals surface area contributed by atoms with Crippen LogP contribution in [-0.4, -0.2) is 43.1 Å². The predicted molar refractivity (Wildman–Crippen MR) is 77.3 cm³/mol. The van der Waals surface area contributed by atoms with Gasteiger partial charge in [-0.15, -0.1) is 0 Å². The third kappa shape index (κ3) is 2.14. The molecule has 1 fully saturated rings. The Bertz CT molecular complexity index is 592.